The summed E-state index contributed by atoms with van der Waals surface area (Å²) in [7, 11) is -3.75. The summed E-state index contributed by atoms with van der Waals surface area (Å²) in [5, 5.41) is 0. The maximum atomic E-state index is 12.7. The molecule has 0 aromatic heterocycles. The van der Waals surface area contributed by atoms with Gasteiger partial charge in [-0.05, 0) is 31.5 Å². The fourth-order valence-corrected chi connectivity index (χ4v) is 2.63. The van der Waals surface area contributed by atoms with Crippen LogP contribution >= 0.6 is 0 Å². The molecule has 0 saturated heterocycles. The van der Waals surface area contributed by atoms with E-state index in [9.17, 15) is 17.6 Å². The van der Waals surface area contributed by atoms with Crippen LogP contribution in [0.25, 0.3) is 0 Å². The lowest BCUT2D eigenvalue weighted by Gasteiger charge is -2.22. The van der Waals surface area contributed by atoms with Crippen molar-refractivity contribution in [2.45, 2.75) is 24.3 Å². The molecule has 0 heterocycles. The zero-order chi connectivity index (χ0) is 14.0. The van der Waals surface area contributed by atoms with Crippen molar-refractivity contribution in [1.29, 1.82) is 0 Å². The number of nitrogens with one attached hydrogen (secondary N) is 1. The van der Waals surface area contributed by atoms with Crippen LogP contribution in [0.5, 0.6) is 0 Å². The van der Waals surface area contributed by atoms with Gasteiger partial charge < -0.3 is 0 Å². The van der Waals surface area contributed by atoms with Gasteiger partial charge in [-0.2, -0.15) is 0 Å². The lowest BCUT2D eigenvalue weighted by molar-refractivity contribution is -0.122. The molecule has 5 nitrogen and oxygen atoms in total. The van der Waals surface area contributed by atoms with Crippen LogP contribution < -0.4 is 11.3 Å². The molecule has 0 aliphatic heterocycles. The van der Waals surface area contributed by atoms with Gasteiger partial charge in [-0.15, -0.1) is 0 Å². The van der Waals surface area contributed by atoms with E-state index in [4.69, 9.17) is 5.84 Å². The van der Waals surface area contributed by atoms with Crippen LogP contribution in [0, 0.1) is 5.82 Å². The Kier molecular flexibility index (Phi) is 4.08. The highest BCUT2D eigenvalue weighted by Crippen LogP contribution is 2.21. The highest BCUT2D eigenvalue weighted by Gasteiger charge is 2.41. The van der Waals surface area contributed by atoms with Crippen molar-refractivity contribution < 1.29 is 17.6 Å². The quantitative estimate of drug-likeness (QED) is 0.475. The average Bonchev–Trinajstić information content (AvgIpc) is 2.30. The van der Waals surface area contributed by atoms with Crippen LogP contribution in [0.1, 0.15) is 19.4 Å². The molecular formula is C11H15FN2O3S. The van der Waals surface area contributed by atoms with Gasteiger partial charge in [-0.1, -0.05) is 12.1 Å². The summed E-state index contributed by atoms with van der Waals surface area (Å²) in [6.07, 6.45) is 0. The van der Waals surface area contributed by atoms with Crippen LogP contribution in [-0.2, 0) is 20.4 Å². The van der Waals surface area contributed by atoms with E-state index in [0.29, 0.717) is 5.56 Å². The minimum atomic E-state index is -3.75. The molecule has 1 rings (SSSR count). The molecule has 1 aromatic carbocycles. The van der Waals surface area contributed by atoms with E-state index < -0.39 is 26.3 Å². The third-order valence-corrected chi connectivity index (χ3v) is 5.18. The molecular weight excluding hydrogens is 259 g/mol. The minimum absolute atomic E-state index is 0.353. The van der Waals surface area contributed by atoms with Gasteiger partial charge in [-0.25, -0.2) is 18.7 Å². The summed E-state index contributed by atoms with van der Waals surface area (Å²) >= 11 is 0. The molecule has 0 fully saturated rings. The third kappa shape index (κ3) is 2.85. The number of sulfone groups is 1. The number of rotatable bonds is 4. The van der Waals surface area contributed by atoms with Crippen LogP contribution in [0.2, 0.25) is 0 Å². The molecule has 0 saturated carbocycles. The first-order chi connectivity index (χ1) is 8.20. The van der Waals surface area contributed by atoms with E-state index in [2.05, 4.69) is 0 Å². The average molecular weight is 274 g/mol. The molecule has 0 atom stereocenters. The van der Waals surface area contributed by atoms with Gasteiger partial charge in [0.05, 0.1) is 5.75 Å². The van der Waals surface area contributed by atoms with E-state index in [-0.39, 0.29) is 5.75 Å². The van der Waals surface area contributed by atoms with Gasteiger partial charge >= 0.3 is 0 Å². The largest absolute Gasteiger partial charge is 0.293 e. The Labute approximate surface area is 105 Å². The van der Waals surface area contributed by atoms with Gasteiger partial charge in [0.25, 0.3) is 5.91 Å². The Bertz CT molecular complexity index is 538. The first-order valence-electron chi connectivity index (χ1n) is 5.18. The highest BCUT2D eigenvalue weighted by molar-refractivity contribution is 7.92. The van der Waals surface area contributed by atoms with Gasteiger partial charge in [-0.3, -0.25) is 10.2 Å². The molecule has 0 unspecified atom stereocenters. The number of carbonyl (C=O) groups is 1. The van der Waals surface area contributed by atoms with Crippen molar-refractivity contribution in [2.24, 2.45) is 5.84 Å². The number of hydrogen-bond donors (Lipinski definition) is 2. The van der Waals surface area contributed by atoms with E-state index in [1.165, 1.54) is 38.1 Å². The van der Waals surface area contributed by atoms with E-state index in [1.807, 2.05) is 5.43 Å². The fraction of sp³-hybridized carbons (Fsp3) is 0.364. The van der Waals surface area contributed by atoms with Crippen LogP contribution in [0.4, 0.5) is 4.39 Å². The molecule has 0 radical (unpaired) electrons. The zero-order valence-corrected chi connectivity index (χ0v) is 10.9. The molecule has 7 heteroatoms. The first-order valence-corrected chi connectivity index (χ1v) is 6.84. The van der Waals surface area contributed by atoms with Gasteiger partial charge in [0.2, 0.25) is 0 Å². The summed E-state index contributed by atoms with van der Waals surface area (Å²) in [6, 6.07) is 5.06. The summed E-state index contributed by atoms with van der Waals surface area (Å²) in [6.45, 7) is 2.54. The number of amides is 1. The Balaban J connectivity index is 3.02. The zero-order valence-electron chi connectivity index (χ0n) is 10.1. The second-order valence-corrected chi connectivity index (χ2v) is 6.91. The van der Waals surface area contributed by atoms with Gasteiger partial charge in [0.1, 0.15) is 10.6 Å². The molecule has 1 amide bonds. The lowest BCUT2D eigenvalue weighted by Crippen LogP contribution is -2.50. The Hall–Kier alpha value is -1.47. The van der Waals surface area contributed by atoms with Gasteiger partial charge in [0.15, 0.2) is 9.84 Å². The number of hydrazine groups is 1. The topological polar surface area (TPSA) is 89.3 Å². The van der Waals surface area contributed by atoms with Crippen molar-refractivity contribution >= 4 is 15.7 Å². The summed E-state index contributed by atoms with van der Waals surface area (Å²) in [4.78, 5) is 11.4. The third-order valence-electron chi connectivity index (χ3n) is 2.73. The molecule has 0 aliphatic carbocycles. The number of halogens is 1. The van der Waals surface area contributed by atoms with Gasteiger partial charge in [0, 0.05) is 0 Å². The fourth-order valence-electron chi connectivity index (χ4n) is 1.30. The summed E-state index contributed by atoms with van der Waals surface area (Å²) in [5.41, 5.74) is 2.24. The molecule has 1 aromatic rings. The van der Waals surface area contributed by atoms with E-state index >= 15 is 0 Å². The van der Waals surface area contributed by atoms with Crippen molar-refractivity contribution in [3.8, 4) is 0 Å². The Morgan fingerprint density at radius 1 is 1.33 bits per heavy atom. The Morgan fingerprint density at radius 2 is 1.83 bits per heavy atom. The van der Waals surface area contributed by atoms with E-state index in [1.54, 1.807) is 0 Å². The maximum absolute atomic E-state index is 12.7. The summed E-state index contributed by atoms with van der Waals surface area (Å²) < 4.78 is 35.3. The monoisotopic (exact) mass is 274 g/mol. The molecule has 0 bridgehead atoms. The standard InChI is InChI=1S/C11H15FN2O3S/c1-11(2,10(15)14-13)18(16,17)7-8-3-5-9(12)6-4-8/h3-6H,7,13H2,1-2H3,(H,14,15). The lowest BCUT2D eigenvalue weighted by atomic mass is 10.2. The first kappa shape index (κ1) is 14.6. The molecule has 3 N–H and O–H groups in total. The molecule has 0 spiro atoms. The second-order valence-electron chi connectivity index (χ2n) is 4.37. The number of hydrogen-bond acceptors (Lipinski definition) is 4. The van der Waals surface area contributed by atoms with Crippen molar-refractivity contribution in [3.05, 3.63) is 35.6 Å². The number of nitrogens with two attached hydrogens (primary N) is 1. The molecule has 18 heavy (non-hydrogen) atoms. The second kappa shape index (κ2) is 5.03. The molecule has 0 aliphatic rings. The molecule has 100 valence electrons. The van der Waals surface area contributed by atoms with Crippen LogP contribution in [0.15, 0.2) is 24.3 Å². The predicted octanol–water partition coefficient (Wildman–Crippen LogP) is 0.509. The Morgan fingerprint density at radius 3 is 2.28 bits per heavy atom. The minimum Gasteiger partial charge on any atom is -0.293 e. The normalized spacial score (nSPS) is 12.2. The maximum Gasteiger partial charge on any atom is 0.254 e. The van der Waals surface area contributed by atoms with E-state index in [0.717, 1.165) is 0 Å². The van der Waals surface area contributed by atoms with Crippen LogP contribution in [0.3, 0.4) is 0 Å². The number of benzene rings is 1. The smallest absolute Gasteiger partial charge is 0.254 e. The van der Waals surface area contributed by atoms with Crippen molar-refractivity contribution in [2.75, 3.05) is 0 Å². The predicted molar refractivity (Wildman–Crippen MR) is 65.4 cm³/mol. The highest BCUT2D eigenvalue weighted by atomic mass is 32.2. The SMILES string of the molecule is CC(C)(C(=O)NN)S(=O)(=O)Cc1ccc(F)cc1. The van der Waals surface area contributed by atoms with Crippen LogP contribution in [-0.4, -0.2) is 19.1 Å². The summed E-state index contributed by atoms with van der Waals surface area (Å²) in [5.74, 6) is 3.36. The number of carbonyl (C=O) groups excluding carboxylic acids is 1. The van der Waals surface area contributed by atoms with Crippen molar-refractivity contribution in [3.63, 3.8) is 0 Å². The van der Waals surface area contributed by atoms with Crippen molar-refractivity contribution in [1.82, 2.24) is 5.43 Å².